The predicted molar refractivity (Wildman–Crippen MR) is 90.7 cm³/mol. The maximum Gasteiger partial charge on any atom is 0.249 e. The summed E-state index contributed by atoms with van der Waals surface area (Å²) in [6.45, 7) is 0. The standard InChI is InChI=1S/C18H17N3O2S/c19-10-14-9-12-5-2-4-8-16(12)21-18(14)24(23)11-13-6-1-3-7-15(13)17(20)22/h1,3,6-7,9H,2,4-5,8,11H2,(H2,20,22). The highest BCUT2D eigenvalue weighted by Gasteiger charge is 2.20. The molecule has 2 aromatic rings. The third-order valence-electron chi connectivity index (χ3n) is 4.17. The van der Waals surface area contributed by atoms with Crippen molar-refractivity contribution in [2.24, 2.45) is 5.73 Å². The Hall–Kier alpha value is -2.52. The zero-order valence-electron chi connectivity index (χ0n) is 13.1. The van der Waals surface area contributed by atoms with Crippen LogP contribution in [0, 0.1) is 11.3 Å². The van der Waals surface area contributed by atoms with E-state index in [0.717, 1.165) is 36.9 Å². The summed E-state index contributed by atoms with van der Waals surface area (Å²) in [5.41, 5.74) is 8.69. The Morgan fingerprint density at radius 1 is 1.29 bits per heavy atom. The molecular formula is C18H17N3O2S. The van der Waals surface area contributed by atoms with Crippen molar-refractivity contribution >= 4 is 16.7 Å². The van der Waals surface area contributed by atoms with Crippen molar-refractivity contribution in [3.8, 4) is 6.07 Å². The normalized spacial score (nSPS) is 14.5. The number of aromatic nitrogens is 1. The van der Waals surface area contributed by atoms with Gasteiger partial charge in [-0.25, -0.2) is 4.98 Å². The van der Waals surface area contributed by atoms with Crippen LogP contribution in [-0.2, 0) is 29.4 Å². The molecule has 1 aromatic carbocycles. The number of nitriles is 1. The van der Waals surface area contributed by atoms with E-state index >= 15 is 0 Å². The number of primary amides is 1. The van der Waals surface area contributed by atoms with Gasteiger partial charge in [0, 0.05) is 11.3 Å². The first-order valence-corrected chi connectivity index (χ1v) is 9.11. The van der Waals surface area contributed by atoms with Crippen LogP contribution in [0.5, 0.6) is 0 Å². The minimum absolute atomic E-state index is 0.111. The number of benzene rings is 1. The Bertz CT molecular complexity index is 871. The quantitative estimate of drug-likeness (QED) is 0.923. The van der Waals surface area contributed by atoms with Crippen LogP contribution < -0.4 is 5.73 Å². The van der Waals surface area contributed by atoms with Gasteiger partial charge in [-0.15, -0.1) is 0 Å². The summed E-state index contributed by atoms with van der Waals surface area (Å²) < 4.78 is 12.8. The van der Waals surface area contributed by atoms with E-state index in [2.05, 4.69) is 11.1 Å². The SMILES string of the molecule is N#Cc1cc2c(nc1S(=O)Cc1ccccc1C(N)=O)CCCC2. The topological polar surface area (TPSA) is 96.8 Å². The van der Waals surface area contributed by atoms with Gasteiger partial charge in [-0.3, -0.25) is 9.00 Å². The molecule has 1 atom stereocenters. The van der Waals surface area contributed by atoms with Crippen LogP contribution in [0.4, 0.5) is 0 Å². The number of hydrogen-bond donors (Lipinski definition) is 1. The second-order valence-corrected chi connectivity index (χ2v) is 7.14. The van der Waals surface area contributed by atoms with Crippen molar-refractivity contribution in [3.63, 3.8) is 0 Å². The van der Waals surface area contributed by atoms with Crippen LogP contribution in [0.1, 0.15) is 45.6 Å². The molecule has 2 N–H and O–H groups in total. The molecule has 6 heteroatoms. The smallest absolute Gasteiger partial charge is 0.249 e. The largest absolute Gasteiger partial charge is 0.366 e. The monoisotopic (exact) mass is 339 g/mol. The Morgan fingerprint density at radius 3 is 2.79 bits per heavy atom. The van der Waals surface area contributed by atoms with Crippen LogP contribution in [0.2, 0.25) is 0 Å². The lowest BCUT2D eigenvalue weighted by Gasteiger charge is -2.16. The second-order valence-electron chi connectivity index (χ2n) is 5.78. The van der Waals surface area contributed by atoms with Crippen LogP contribution in [-0.4, -0.2) is 15.1 Å². The van der Waals surface area contributed by atoms with Gasteiger partial charge in [-0.1, -0.05) is 18.2 Å². The summed E-state index contributed by atoms with van der Waals surface area (Å²) in [6.07, 6.45) is 3.91. The summed E-state index contributed by atoms with van der Waals surface area (Å²) in [5.74, 6) is -0.443. The predicted octanol–water partition coefficient (Wildman–Crippen LogP) is 2.24. The van der Waals surface area contributed by atoms with Gasteiger partial charge >= 0.3 is 0 Å². The van der Waals surface area contributed by atoms with Crippen LogP contribution in [0.3, 0.4) is 0 Å². The molecule has 122 valence electrons. The van der Waals surface area contributed by atoms with Gasteiger partial charge in [0.2, 0.25) is 5.91 Å². The van der Waals surface area contributed by atoms with Gasteiger partial charge in [0.05, 0.1) is 22.1 Å². The molecule has 3 rings (SSSR count). The van der Waals surface area contributed by atoms with E-state index in [1.807, 2.05) is 6.07 Å². The molecule has 0 saturated carbocycles. The van der Waals surface area contributed by atoms with Gasteiger partial charge in [0.25, 0.3) is 0 Å². The fourth-order valence-corrected chi connectivity index (χ4v) is 4.20. The molecular weight excluding hydrogens is 322 g/mol. The van der Waals surface area contributed by atoms with Crippen LogP contribution >= 0.6 is 0 Å². The molecule has 0 fully saturated rings. The molecule has 24 heavy (non-hydrogen) atoms. The van der Waals surface area contributed by atoms with E-state index in [9.17, 15) is 14.3 Å². The Kier molecular flexibility index (Phi) is 4.72. The first-order chi connectivity index (χ1) is 11.6. The molecule has 1 aromatic heterocycles. The highest BCUT2D eigenvalue weighted by molar-refractivity contribution is 7.84. The van der Waals surface area contributed by atoms with E-state index in [1.165, 1.54) is 0 Å². The number of nitrogens with two attached hydrogens (primary N) is 1. The number of pyridine rings is 1. The van der Waals surface area contributed by atoms with Crippen LogP contribution in [0.15, 0.2) is 35.4 Å². The average molecular weight is 339 g/mol. The molecule has 1 amide bonds. The van der Waals surface area contributed by atoms with E-state index in [4.69, 9.17) is 5.73 Å². The summed E-state index contributed by atoms with van der Waals surface area (Å²) in [7, 11) is -1.51. The van der Waals surface area contributed by atoms with Gasteiger partial charge < -0.3 is 5.73 Å². The maximum atomic E-state index is 12.8. The highest BCUT2D eigenvalue weighted by Crippen LogP contribution is 2.25. The van der Waals surface area contributed by atoms with Gasteiger partial charge in [0.1, 0.15) is 11.1 Å². The number of nitrogens with zero attached hydrogens (tertiary/aromatic N) is 2. The maximum absolute atomic E-state index is 12.8. The fraction of sp³-hybridized carbons (Fsp3) is 0.278. The lowest BCUT2D eigenvalue weighted by Crippen LogP contribution is -2.15. The van der Waals surface area contributed by atoms with Gasteiger partial charge in [-0.2, -0.15) is 5.26 Å². The van der Waals surface area contributed by atoms with E-state index in [0.29, 0.717) is 21.7 Å². The van der Waals surface area contributed by atoms with E-state index in [1.54, 1.807) is 24.3 Å². The molecule has 0 bridgehead atoms. The molecule has 0 radical (unpaired) electrons. The number of carbonyl (C=O) groups is 1. The molecule has 1 aliphatic rings. The third-order valence-corrected chi connectivity index (χ3v) is 5.49. The number of carbonyl (C=O) groups excluding carboxylic acids is 1. The summed E-state index contributed by atoms with van der Waals surface area (Å²) >= 11 is 0. The first kappa shape index (κ1) is 16.3. The first-order valence-electron chi connectivity index (χ1n) is 7.79. The Labute approximate surface area is 143 Å². The molecule has 0 aliphatic heterocycles. The summed E-state index contributed by atoms with van der Waals surface area (Å²) in [4.78, 5) is 16.0. The summed E-state index contributed by atoms with van der Waals surface area (Å²) in [5, 5.41) is 9.68. The minimum atomic E-state index is -1.51. The van der Waals surface area contributed by atoms with Gasteiger partial charge in [0.15, 0.2) is 0 Å². The molecule has 1 heterocycles. The van der Waals surface area contributed by atoms with Crippen LogP contribution in [0.25, 0.3) is 0 Å². The van der Waals surface area contributed by atoms with Crippen molar-refractivity contribution in [3.05, 3.63) is 58.3 Å². The fourth-order valence-electron chi connectivity index (χ4n) is 2.96. The highest BCUT2D eigenvalue weighted by atomic mass is 32.2. The summed E-state index contributed by atoms with van der Waals surface area (Å²) in [6, 6.07) is 10.7. The average Bonchev–Trinajstić information content (AvgIpc) is 2.60. The molecule has 1 unspecified atom stereocenters. The zero-order valence-corrected chi connectivity index (χ0v) is 13.9. The number of hydrogen-bond acceptors (Lipinski definition) is 4. The second kappa shape index (κ2) is 6.93. The van der Waals surface area contributed by atoms with E-state index < -0.39 is 16.7 Å². The number of fused-ring (bicyclic) bond motifs is 1. The Balaban J connectivity index is 1.96. The molecule has 1 aliphatic carbocycles. The Morgan fingerprint density at radius 2 is 2.04 bits per heavy atom. The number of aryl methyl sites for hydroxylation is 2. The number of amides is 1. The van der Waals surface area contributed by atoms with Crippen molar-refractivity contribution in [1.82, 2.24) is 4.98 Å². The van der Waals surface area contributed by atoms with E-state index in [-0.39, 0.29) is 5.75 Å². The minimum Gasteiger partial charge on any atom is -0.366 e. The lowest BCUT2D eigenvalue weighted by atomic mass is 9.95. The zero-order chi connectivity index (χ0) is 17.1. The van der Waals surface area contributed by atoms with Crippen molar-refractivity contribution in [2.45, 2.75) is 36.5 Å². The van der Waals surface area contributed by atoms with Crippen molar-refractivity contribution in [2.75, 3.05) is 0 Å². The lowest BCUT2D eigenvalue weighted by molar-refractivity contribution is 0.0999. The van der Waals surface area contributed by atoms with Gasteiger partial charge in [-0.05, 0) is 48.9 Å². The molecule has 0 spiro atoms. The van der Waals surface area contributed by atoms with Crippen molar-refractivity contribution < 1.29 is 9.00 Å². The third kappa shape index (κ3) is 3.22. The molecule has 0 saturated heterocycles. The number of rotatable bonds is 4. The molecule has 5 nitrogen and oxygen atoms in total. The van der Waals surface area contributed by atoms with Crippen molar-refractivity contribution in [1.29, 1.82) is 5.26 Å².